The average Bonchev–Trinajstić information content (AvgIpc) is 1.82. The molecule has 10 heavy (non-hydrogen) atoms. The van der Waals surface area contributed by atoms with Crippen LogP contribution in [-0.4, -0.2) is 30.0 Å². The largest absolute Gasteiger partial charge is 0.513 e. The summed E-state index contributed by atoms with van der Waals surface area (Å²) < 4.78 is 0. The lowest BCUT2D eigenvalue weighted by Gasteiger charge is -2.08. The zero-order valence-electron chi connectivity index (χ0n) is 6.42. The van der Waals surface area contributed by atoms with Crippen LogP contribution < -0.4 is 0 Å². The Bertz CT molecular complexity index is 141. The maximum absolute atomic E-state index is 10.8. The molecule has 0 saturated carbocycles. The maximum Gasteiger partial charge on any atom is 0.222 e. The van der Waals surface area contributed by atoms with E-state index in [0.717, 1.165) is 0 Å². The standard InChI is InChI=1S/C7H13NO2/c1-6(9)4-5-7(10)8(2)3/h9H,1,4-5H2,2-3H3. The van der Waals surface area contributed by atoms with Crippen LogP contribution in [0.2, 0.25) is 0 Å². The minimum Gasteiger partial charge on any atom is -0.513 e. The summed E-state index contributed by atoms with van der Waals surface area (Å²) in [6, 6.07) is 0. The fourth-order valence-electron chi connectivity index (χ4n) is 0.475. The summed E-state index contributed by atoms with van der Waals surface area (Å²) in [5.41, 5.74) is 0. The summed E-state index contributed by atoms with van der Waals surface area (Å²) in [4.78, 5) is 12.3. The van der Waals surface area contributed by atoms with Gasteiger partial charge in [0.2, 0.25) is 5.91 Å². The second kappa shape index (κ2) is 3.93. The van der Waals surface area contributed by atoms with Crippen molar-refractivity contribution in [2.24, 2.45) is 0 Å². The average molecular weight is 143 g/mol. The quantitative estimate of drug-likeness (QED) is 0.597. The van der Waals surface area contributed by atoms with Crippen molar-refractivity contribution in [3.05, 3.63) is 12.3 Å². The van der Waals surface area contributed by atoms with E-state index < -0.39 is 0 Å². The minimum atomic E-state index is 0.00944. The van der Waals surface area contributed by atoms with Crippen LogP contribution in [0, 0.1) is 0 Å². The molecule has 0 unspecified atom stereocenters. The first-order chi connectivity index (χ1) is 4.54. The van der Waals surface area contributed by atoms with Gasteiger partial charge in [-0.25, -0.2) is 0 Å². The van der Waals surface area contributed by atoms with E-state index in [-0.39, 0.29) is 11.7 Å². The lowest BCUT2D eigenvalue weighted by molar-refractivity contribution is -0.128. The monoisotopic (exact) mass is 143 g/mol. The summed E-state index contributed by atoms with van der Waals surface area (Å²) in [6.07, 6.45) is 0.694. The summed E-state index contributed by atoms with van der Waals surface area (Å²) in [6.45, 7) is 3.27. The van der Waals surface area contributed by atoms with Gasteiger partial charge in [-0.3, -0.25) is 4.79 Å². The number of allylic oxidation sites excluding steroid dienone is 1. The first kappa shape index (κ1) is 9.01. The van der Waals surface area contributed by atoms with Gasteiger partial charge in [0, 0.05) is 26.9 Å². The molecule has 0 aromatic heterocycles. The van der Waals surface area contributed by atoms with Gasteiger partial charge in [0.05, 0.1) is 5.76 Å². The topological polar surface area (TPSA) is 40.5 Å². The number of carbonyl (C=O) groups excluding carboxylic acids is 1. The number of rotatable bonds is 3. The van der Waals surface area contributed by atoms with E-state index in [4.69, 9.17) is 5.11 Å². The van der Waals surface area contributed by atoms with Crippen molar-refractivity contribution in [3.8, 4) is 0 Å². The number of amides is 1. The highest BCUT2D eigenvalue weighted by molar-refractivity contribution is 5.75. The van der Waals surface area contributed by atoms with Crippen molar-refractivity contribution in [2.75, 3.05) is 14.1 Å². The van der Waals surface area contributed by atoms with E-state index in [2.05, 4.69) is 6.58 Å². The highest BCUT2D eigenvalue weighted by Gasteiger charge is 2.02. The van der Waals surface area contributed by atoms with E-state index in [1.54, 1.807) is 14.1 Å². The zero-order chi connectivity index (χ0) is 8.15. The van der Waals surface area contributed by atoms with Gasteiger partial charge >= 0.3 is 0 Å². The summed E-state index contributed by atoms with van der Waals surface area (Å²) in [7, 11) is 3.37. The Morgan fingerprint density at radius 3 is 2.30 bits per heavy atom. The van der Waals surface area contributed by atoms with Gasteiger partial charge in [0.15, 0.2) is 0 Å². The number of aliphatic hydroxyl groups excluding tert-OH is 1. The van der Waals surface area contributed by atoms with Crippen LogP contribution in [0.1, 0.15) is 12.8 Å². The molecule has 0 aliphatic heterocycles. The molecule has 58 valence electrons. The van der Waals surface area contributed by atoms with Gasteiger partial charge in [-0.15, -0.1) is 0 Å². The summed E-state index contributed by atoms with van der Waals surface area (Å²) >= 11 is 0. The fourth-order valence-corrected chi connectivity index (χ4v) is 0.475. The van der Waals surface area contributed by atoms with Crippen LogP contribution in [-0.2, 0) is 4.79 Å². The minimum absolute atomic E-state index is 0.00944. The van der Waals surface area contributed by atoms with Gasteiger partial charge in [0.25, 0.3) is 0 Å². The molecule has 3 nitrogen and oxygen atoms in total. The Balaban J connectivity index is 3.50. The van der Waals surface area contributed by atoms with Crippen molar-refractivity contribution in [1.29, 1.82) is 0 Å². The van der Waals surface area contributed by atoms with Crippen LogP contribution >= 0.6 is 0 Å². The molecule has 0 saturated heterocycles. The zero-order valence-corrected chi connectivity index (χ0v) is 6.42. The van der Waals surface area contributed by atoms with E-state index in [1.165, 1.54) is 4.90 Å². The third-order valence-electron chi connectivity index (χ3n) is 1.13. The van der Waals surface area contributed by atoms with Crippen molar-refractivity contribution >= 4 is 5.91 Å². The fraction of sp³-hybridized carbons (Fsp3) is 0.571. The Morgan fingerprint density at radius 2 is 2.00 bits per heavy atom. The highest BCUT2D eigenvalue weighted by atomic mass is 16.3. The van der Waals surface area contributed by atoms with Crippen molar-refractivity contribution < 1.29 is 9.90 Å². The van der Waals surface area contributed by atoms with Crippen LogP contribution in [0.15, 0.2) is 12.3 Å². The second-order valence-electron chi connectivity index (χ2n) is 2.35. The Hall–Kier alpha value is -0.990. The van der Waals surface area contributed by atoms with Crippen LogP contribution in [0.3, 0.4) is 0 Å². The predicted molar refractivity (Wildman–Crippen MR) is 39.7 cm³/mol. The van der Waals surface area contributed by atoms with E-state index in [1.807, 2.05) is 0 Å². The number of carbonyl (C=O) groups is 1. The molecule has 0 atom stereocenters. The third kappa shape index (κ3) is 3.95. The molecule has 0 aliphatic carbocycles. The lowest BCUT2D eigenvalue weighted by Crippen LogP contribution is -2.21. The first-order valence-corrected chi connectivity index (χ1v) is 3.11. The van der Waals surface area contributed by atoms with E-state index in [9.17, 15) is 4.79 Å². The lowest BCUT2D eigenvalue weighted by atomic mass is 10.2. The van der Waals surface area contributed by atoms with Crippen molar-refractivity contribution in [1.82, 2.24) is 4.90 Å². The van der Waals surface area contributed by atoms with Gasteiger partial charge in [-0.2, -0.15) is 0 Å². The molecule has 0 bridgehead atoms. The Kier molecular flexibility index (Phi) is 3.54. The van der Waals surface area contributed by atoms with E-state index >= 15 is 0 Å². The summed E-state index contributed by atoms with van der Waals surface area (Å²) in [5, 5.41) is 8.62. The van der Waals surface area contributed by atoms with Gasteiger partial charge in [0.1, 0.15) is 0 Å². The maximum atomic E-state index is 10.8. The molecule has 0 fully saturated rings. The summed E-state index contributed by atoms with van der Waals surface area (Å²) in [5.74, 6) is 0.0744. The van der Waals surface area contributed by atoms with Gasteiger partial charge in [-0.1, -0.05) is 6.58 Å². The number of hydrogen-bond donors (Lipinski definition) is 1. The molecule has 1 amide bonds. The Labute approximate surface area is 61.0 Å². The number of nitrogens with zero attached hydrogens (tertiary/aromatic N) is 1. The first-order valence-electron chi connectivity index (χ1n) is 3.11. The molecule has 0 aromatic carbocycles. The molecule has 0 aliphatic rings. The predicted octanol–water partition coefficient (Wildman–Crippen LogP) is 0.926. The van der Waals surface area contributed by atoms with Crippen molar-refractivity contribution in [2.45, 2.75) is 12.8 Å². The van der Waals surface area contributed by atoms with Crippen LogP contribution in [0.25, 0.3) is 0 Å². The van der Waals surface area contributed by atoms with Gasteiger partial charge in [-0.05, 0) is 0 Å². The Morgan fingerprint density at radius 1 is 1.50 bits per heavy atom. The molecular weight excluding hydrogens is 130 g/mol. The molecule has 0 rings (SSSR count). The molecule has 0 heterocycles. The smallest absolute Gasteiger partial charge is 0.222 e. The second-order valence-corrected chi connectivity index (χ2v) is 2.35. The van der Waals surface area contributed by atoms with Gasteiger partial charge < -0.3 is 10.0 Å². The van der Waals surface area contributed by atoms with E-state index in [0.29, 0.717) is 12.8 Å². The highest BCUT2D eigenvalue weighted by Crippen LogP contribution is 1.99. The third-order valence-corrected chi connectivity index (χ3v) is 1.13. The number of aliphatic hydroxyl groups is 1. The molecular formula is C7H13NO2. The molecule has 0 spiro atoms. The molecule has 1 N–H and O–H groups in total. The molecule has 0 radical (unpaired) electrons. The van der Waals surface area contributed by atoms with Crippen LogP contribution in [0.4, 0.5) is 0 Å². The SMILES string of the molecule is C=C(O)CCC(=O)N(C)C. The van der Waals surface area contributed by atoms with Crippen molar-refractivity contribution in [3.63, 3.8) is 0 Å². The van der Waals surface area contributed by atoms with Crippen LogP contribution in [0.5, 0.6) is 0 Å². The molecule has 0 aromatic rings. The number of hydrogen-bond acceptors (Lipinski definition) is 2. The normalized spacial score (nSPS) is 9.00. The molecule has 3 heteroatoms.